The molecular weight excluding hydrogens is 239 g/mol. The lowest BCUT2D eigenvalue weighted by Gasteiger charge is -2.30. The summed E-state index contributed by atoms with van der Waals surface area (Å²) in [6.07, 6.45) is 1.04. The Bertz CT molecular complexity index is 294. The molecule has 0 saturated carbocycles. The highest BCUT2D eigenvalue weighted by Crippen LogP contribution is 2.32. The summed E-state index contributed by atoms with van der Waals surface area (Å²) in [5.41, 5.74) is -0.343. The highest BCUT2D eigenvalue weighted by Gasteiger charge is 2.38. The molecule has 0 aliphatic carbocycles. The molecule has 1 rings (SSSR count). The summed E-state index contributed by atoms with van der Waals surface area (Å²) in [5, 5.41) is 0. The molecule has 1 aliphatic rings. The second-order valence-electron chi connectivity index (χ2n) is 5.79. The molecular formula is C12H21NOS2. The summed E-state index contributed by atoms with van der Waals surface area (Å²) in [6, 6.07) is 0.296. The maximum atomic E-state index is 12.3. The Labute approximate surface area is 108 Å². The monoisotopic (exact) mass is 260 g/mol. The molecule has 16 heavy (non-hydrogen) atoms. The van der Waals surface area contributed by atoms with Crippen LogP contribution in [-0.4, -0.2) is 26.9 Å². The standard InChI is InChI=1S/C12H21NOS2/c1-8(2)6-9-7-16-11(15)13(9)10(14)12(3,4)5/h8-9H,6-7H2,1-5H3/i13+1. The summed E-state index contributed by atoms with van der Waals surface area (Å²) < 4.78 is 0.755. The second kappa shape index (κ2) is 5.05. The van der Waals surface area contributed by atoms with E-state index in [1.54, 1.807) is 11.8 Å². The minimum Gasteiger partial charge on any atom is -0.293 e. The molecule has 1 fully saturated rings. The van der Waals surface area contributed by atoms with Gasteiger partial charge < -0.3 is 0 Å². The first-order chi connectivity index (χ1) is 7.23. The Morgan fingerprint density at radius 1 is 1.56 bits per heavy atom. The van der Waals surface area contributed by atoms with Gasteiger partial charge in [-0.1, -0.05) is 58.6 Å². The average molecular weight is 260 g/mol. The van der Waals surface area contributed by atoms with Crippen LogP contribution in [0.1, 0.15) is 41.0 Å². The predicted octanol–water partition coefficient (Wildman–Crippen LogP) is 3.31. The van der Waals surface area contributed by atoms with Gasteiger partial charge in [0.2, 0.25) is 5.91 Å². The van der Waals surface area contributed by atoms with E-state index in [4.69, 9.17) is 12.2 Å². The minimum absolute atomic E-state index is 0.160. The van der Waals surface area contributed by atoms with E-state index < -0.39 is 0 Å². The Hall–Kier alpha value is -0.0900. The van der Waals surface area contributed by atoms with Gasteiger partial charge in [-0.25, -0.2) is 0 Å². The lowest BCUT2D eigenvalue weighted by atomic mass is 9.95. The molecule has 1 saturated heterocycles. The highest BCUT2D eigenvalue weighted by molar-refractivity contribution is 8.23. The molecule has 0 aromatic heterocycles. The third-order valence-electron chi connectivity index (χ3n) is 2.56. The molecule has 1 aliphatic heterocycles. The maximum absolute atomic E-state index is 12.3. The molecule has 1 amide bonds. The summed E-state index contributed by atoms with van der Waals surface area (Å²) in [6.45, 7) is 10.2. The summed E-state index contributed by atoms with van der Waals surface area (Å²) >= 11 is 6.92. The fourth-order valence-electron chi connectivity index (χ4n) is 1.79. The maximum Gasteiger partial charge on any atom is 0.233 e. The smallest absolute Gasteiger partial charge is 0.233 e. The first-order valence-electron chi connectivity index (χ1n) is 5.74. The topological polar surface area (TPSA) is 20.3 Å². The normalized spacial score (nSPS) is 22.0. The fourth-order valence-corrected chi connectivity index (χ4v) is 3.22. The van der Waals surface area contributed by atoms with Crippen LogP contribution in [0.2, 0.25) is 0 Å². The lowest BCUT2D eigenvalue weighted by Crippen LogP contribution is -2.45. The average Bonchev–Trinajstić information content (AvgIpc) is 2.43. The molecule has 0 aromatic carbocycles. The van der Waals surface area contributed by atoms with Crippen molar-refractivity contribution in [3.8, 4) is 0 Å². The molecule has 0 N–H and O–H groups in total. The molecule has 0 bridgehead atoms. The van der Waals surface area contributed by atoms with Gasteiger partial charge in [-0.05, 0) is 12.3 Å². The van der Waals surface area contributed by atoms with Gasteiger partial charge in [0.1, 0.15) is 4.32 Å². The van der Waals surface area contributed by atoms with Crippen LogP contribution >= 0.6 is 24.0 Å². The van der Waals surface area contributed by atoms with Gasteiger partial charge in [0.25, 0.3) is 0 Å². The molecule has 2 nitrogen and oxygen atoms in total. The van der Waals surface area contributed by atoms with E-state index >= 15 is 0 Å². The van der Waals surface area contributed by atoms with Crippen molar-refractivity contribution in [2.45, 2.75) is 47.1 Å². The van der Waals surface area contributed by atoms with E-state index in [0.29, 0.717) is 12.0 Å². The van der Waals surface area contributed by atoms with Gasteiger partial charge in [-0.15, -0.1) is 0 Å². The van der Waals surface area contributed by atoms with Gasteiger partial charge in [0, 0.05) is 17.2 Å². The molecule has 4 heteroatoms. The Balaban J connectivity index is 2.82. The number of hydrogen-bond donors (Lipinski definition) is 0. The molecule has 1 unspecified atom stereocenters. The zero-order valence-electron chi connectivity index (χ0n) is 10.7. The van der Waals surface area contributed by atoms with Crippen LogP contribution in [0.15, 0.2) is 0 Å². The van der Waals surface area contributed by atoms with E-state index in [0.717, 1.165) is 16.5 Å². The molecule has 0 spiro atoms. The van der Waals surface area contributed by atoms with Gasteiger partial charge in [0.15, 0.2) is 0 Å². The van der Waals surface area contributed by atoms with Crippen LogP contribution in [0, 0.1) is 11.3 Å². The minimum atomic E-state index is -0.343. The Kier molecular flexibility index (Phi) is 4.41. The van der Waals surface area contributed by atoms with E-state index in [1.807, 2.05) is 25.7 Å². The molecule has 0 aromatic rings. The number of carbonyl (C=O) groups is 1. The van der Waals surface area contributed by atoms with Crippen molar-refractivity contribution in [1.29, 1.82) is 0 Å². The van der Waals surface area contributed by atoms with E-state index in [2.05, 4.69) is 13.8 Å². The number of rotatable bonds is 2. The van der Waals surface area contributed by atoms with Crippen molar-refractivity contribution in [1.82, 2.24) is 4.90 Å². The lowest BCUT2D eigenvalue weighted by molar-refractivity contribution is -0.136. The number of thioether (sulfide) groups is 1. The Morgan fingerprint density at radius 2 is 2.12 bits per heavy atom. The first-order valence-corrected chi connectivity index (χ1v) is 7.13. The number of amides is 1. The summed E-state index contributed by atoms with van der Waals surface area (Å²) in [4.78, 5) is 14.1. The first kappa shape index (κ1) is 14.0. The largest absolute Gasteiger partial charge is 0.293 e. The van der Waals surface area contributed by atoms with E-state index in [9.17, 15) is 4.79 Å². The van der Waals surface area contributed by atoms with Crippen molar-refractivity contribution >= 4 is 34.2 Å². The summed E-state index contributed by atoms with van der Waals surface area (Å²) in [5.74, 6) is 1.72. The molecule has 0 radical (unpaired) electrons. The third-order valence-corrected chi connectivity index (χ3v) is 4.11. The quantitative estimate of drug-likeness (QED) is 0.561. The predicted molar refractivity (Wildman–Crippen MR) is 74.6 cm³/mol. The van der Waals surface area contributed by atoms with Crippen molar-refractivity contribution in [3.05, 3.63) is 0 Å². The van der Waals surface area contributed by atoms with Crippen molar-refractivity contribution < 1.29 is 4.79 Å². The summed E-state index contributed by atoms with van der Waals surface area (Å²) in [7, 11) is 0. The molecule has 1 heterocycles. The van der Waals surface area contributed by atoms with E-state index in [-0.39, 0.29) is 11.3 Å². The van der Waals surface area contributed by atoms with Crippen LogP contribution in [0.5, 0.6) is 0 Å². The van der Waals surface area contributed by atoms with Crippen molar-refractivity contribution in [2.75, 3.05) is 5.75 Å². The zero-order chi connectivity index (χ0) is 12.5. The van der Waals surface area contributed by atoms with Crippen LogP contribution in [-0.2, 0) is 4.79 Å². The zero-order valence-corrected chi connectivity index (χ0v) is 12.4. The SMILES string of the molecule is CC(C)CC1CSC(=S)[15N]1C(=O)C(C)(C)C. The van der Waals surface area contributed by atoms with Crippen molar-refractivity contribution in [2.24, 2.45) is 11.3 Å². The number of carbonyl (C=O) groups excluding carboxylic acids is 1. The van der Waals surface area contributed by atoms with Gasteiger partial charge >= 0.3 is 0 Å². The molecule has 1 atom stereocenters. The van der Waals surface area contributed by atoms with Crippen LogP contribution in [0.25, 0.3) is 0 Å². The highest BCUT2D eigenvalue weighted by atomic mass is 32.2. The Morgan fingerprint density at radius 3 is 2.56 bits per heavy atom. The fraction of sp³-hybridized carbons (Fsp3) is 0.833. The van der Waals surface area contributed by atoms with E-state index in [1.165, 1.54) is 0 Å². The number of nitrogens with zero attached hydrogens (tertiary/aromatic N) is 1. The number of thiocarbonyl (C=S) groups is 1. The van der Waals surface area contributed by atoms with Crippen LogP contribution < -0.4 is 0 Å². The van der Waals surface area contributed by atoms with Gasteiger partial charge in [-0.3, -0.25) is 9.69 Å². The van der Waals surface area contributed by atoms with Gasteiger partial charge in [0.05, 0.1) is 0 Å². The second-order valence-corrected chi connectivity index (χ2v) is 7.44. The van der Waals surface area contributed by atoms with Gasteiger partial charge in [-0.2, -0.15) is 0 Å². The third kappa shape index (κ3) is 3.20. The number of hydrogen-bond acceptors (Lipinski definition) is 3. The van der Waals surface area contributed by atoms with Crippen LogP contribution in [0.4, 0.5) is 0 Å². The van der Waals surface area contributed by atoms with Crippen LogP contribution in [0.3, 0.4) is 0 Å². The molecule has 92 valence electrons. The van der Waals surface area contributed by atoms with Crippen molar-refractivity contribution in [3.63, 3.8) is 0 Å².